The van der Waals surface area contributed by atoms with Gasteiger partial charge in [-0.15, -0.1) is 0 Å². The molecule has 142 valence electrons. The molecule has 3 rings (SSSR count). The number of rotatable bonds is 6. The van der Waals surface area contributed by atoms with Crippen molar-refractivity contribution in [1.29, 1.82) is 0 Å². The van der Waals surface area contributed by atoms with Crippen LogP contribution in [0.1, 0.15) is 16.7 Å². The zero-order chi connectivity index (χ0) is 20.0. The number of hydrazone groups is 1. The zero-order valence-electron chi connectivity index (χ0n) is 15.9. The number of anilines is 1. The van der Waals surface area contributed by atoms with E-state index in [2.05, 4.69) is 10.5 Å². The first kappa shape index (κ1) is 19.3. The molecule has 0 radical (unpaired) electrons. The summed E-state index contributed by atoms with van der Waals surface area (Å²) in [5.74, 6) is -0.619. The maximum atomic E-state index is 12.9. The van der Waals surface area contributed by atoms with Gasteiger partial charge in [-0.3, -0.25) is 4.79 Å². The van der Waals surface area contributed by atoms with Gasteiger partial charge < -0.3 is 10.0 Å². The van der Waals surface area contributed by atoms with E-state index >= 15 is 0 Å². The zero-order valence-corrected chi connectivity index (χ0v) is 15.9. The van der Waals surface area contributed by atoms with E-state index in [9.17, 15) is 9.90 Å². The first-order chi connectivity index (χ1) is 13.5. The average molecular weight is 373 g/mol. The third-order valence-electron chi connectivity index (χ3n) is 4.50. The molecule has 1 amide bonds. The molecule has 0 aliphatic heterocycles. The largest absolute Gasteiger partial charge is 0.378 e. The molecule has 0 saturated heterocycles. The number of nitrogens with zero attached hydrogens (tertiary/aromatic N) is 2. The van der Waals surface area contributed by atoms with Gasteiger partial charge in [0.15, 0.2) is 5.60 Å². The summed E-state index contributed by atoms with van der Waals surface area (Å²) in [5.41, 5.74) is 3.50. The van der Waals surface area contributed by atoms with Gasteiger partial charge in [-0.25, -0.2) is 5.43 Å². The molecule has 0 aliphatic carbocycles. The van der Waals surface area contributed by atoms with Crippen LogP contribution in [0.25, 0.3) is 0 Å². The first-order valence-corrected chi connectivity index (χ1v) is 8.96. The minimum Gasteiger partial charge on any atom is -0.378 e. The van der Waals surface area contributed by atoms with Crippen LogP contribution in [-0.4, -0.2) is 31.3 Å². The van der Waals surface area contributed by atoms with Crippen molar-refractivity contribution in [3.8, 4) is 0 Å². The Kier molecular flexibility index (Phi) is 5.87. The normalized spacial score (nSPS) is 11.4. The maximum Gasteiger partial charge on any atom is 0.281 e. The van der Waals surface area contributed by atoms with E-state index in [1.165, 1.54) is 0 Å². The van der Waals surface area contributed by atoms with E-state index in [0.717, 1.165) is 11.3 Å². The highest BCUT2D eigenvalue weighted by molar-refractivity contribution is 5.91. The van der Waals surface area contributed by atoms with E-state index in [1.807, 2.05) is 55.4 Å². The van der Waals surface area contributed by atoms with Crippen molar-refractivity contribution < 1.29 is 9.90 Å². The summed E-state index contributed by atoms with van der Waals surface area (Å²) in [4.78, 5) is 14.9. The number of carbonyl (C=O) groups excluding carboxylic acids is 1. The highest BCUT2D eigenvalue weighted by atomic mass is 16.3. The van der Waals surface area contributed by atoms with E-state index in [4.69, 9.17) is 0 Å². The fourth-order valence-corrected chi connectivity index (χ4v) is 2.89. The molecule has 0 bridgehead atoms. The van der Waals surface area contributed by atoms with Crippen LogP contribution in [0, 0.1) is 0 Å². The Bertz CT molecular complexity index is 897. The van der Waals surface area contributed by atoms with Crippen LogP contribution >= 0.6 is 0 Å². The van der Waals surface area contributed by atoms with Gasteiger partial charge in [0, 0.05) is 19.8 Å². The Labute approximate surface area is 165 Å². The van der Waals surface area contributed by atoms with Crippen molar-refractivity contribution in [2.45, 2.75) is 5.60 Å². The molecular formula is C23H23N3O2. The number of carbonyl (C=O) groups is 1. The summed E-state index contributed by atoms with van der Waals surface area (Å²) in [6.07, 6.45) is 1.55. The Hall–Kier alpha value is -3.44. The fraction of sp³-hybridized carbons (Fsp3) is 0.130. The standard InChI is InChI=1S/C23H23N3O2/c1-26(2)21-15-13-18(14-16-21)17-24-25-22(27)23(28,19-9-5-3-6-10-19)20-11-7-4-8-12-20/h3-17,28H,1-2H3,(H,25,27)/b24-17+. The first-order valence-electron chi connectivity index (χ1n) is 8.96. The lowest BCUT2D eigenvalue weighted by Crippen LogP contribution is -2.43. The van der Waals surface area contributed by atoms with Crippen LogP contribution < -0.4 is 10.3 Å². The molecule has 0 aliphatic rings. The van der Waals surface area contributed by atoms with E-state index in [0.29, 0.717) is 11.1 Å². The lowest BCUT2D eigenvalue weighted by Gasteiger charge is -2.27. The monoisotopic (exact) mass is 373 g/mol. The third-order valence-corrected chi connectivity index (χ3v) is 4.50. The van der Waals surface area contributed by atoms with Crippen LogP contribution in [-0.2, 0) is 10.4 Å². The summed E-state index contributed by atoms with van der Waals surface area (Å²) in [6, 6.07) is 25.4. The van der Waals surface area contributed by atoms with Crippen LogP contribution in [0.15, 0.2) is 90.0 Å². The van der Waals surface area contributed by atoms with Crippen LogP contribution in [0.2, 0.25) is 0 Å². The van der Waals surface area contributed by atoms with Crippen molar-refractivity contribution in [2.24, 2.45) is 5.10 Å². The second-order valence-electron chi connectivity index (χ2n) is 6.63. The number of aliphatic hydroxyl groups is 1. The molecule has 5 nitrogen and oxygen atoms in total. The Balaban J connectivity index is 1.82. The topological polar surface area (TPSA) is 64.9 Å². The number of hydrogen-bond acceptors (Lipinski definition) is 4. The Morgan fingerprint density at radius 3 is 1.86 bits per heavy atom. The van der Waals surface area contributed by atoms with E-state index in [1.54, 1.807) is 54.7 Å². The molecule has 0 aromatic heterocycles. The predicted molar refractivity (Wildman–Crippen MR) is 112 cm³/mol. The quantitative estimate of drug-likeness (QED) is 0.515. The molecule has 2 N–H and O–H groups in total. The summed E-state index contributed by atoms with van der Waals surface area (Å²) in [6.45, 7) is 0. The molecule has 0 saturated carbocycles. The predicted octanol–water partition coefficient (Wildman–Crippen LogP) is 3.14. The highest BCUT2D eigenvalue weighted by Gasteiger charge is 2.39. The lowest BCUT2D eigenvalue weighted by atomic mass is 9.85. The van der Waals surface area contributed by atoms with Crippen LogP contribution in [0.4, 0.5) is 5.69 Å². The van der Waals surface area contributed by atoms with Crippen molar-refractivity contribution in [3.63, 3.8) is 0 Å². The Morgan fingerprint density at radius 2 is 1.39 bits per heavy atom. The summed E-state index contributed by atoms with van der Waals surface area (Å²) >= 11 is 0. The van der Waals surface area contributed by atoms with Crippen molar-refractivity contribution >= 4 is 17.8 Å². The number of hydrogen-bond donors (Lipinski definition) is 2. The number of benzene rings is 3. The van der Waals surface area contributed by atoms with Crippen LogP contribution in [0.5, 0.6) is 0 Å². The van der Waals surface area contributed by atoms with E-state index < -0.39 is 11.5 Å². The van der Waals surface area contributed by atoms with Crippen LogP contribution in [0.3, 0.4) is 0 Å². The van der Waals surface area contributed by atoms with Gasteiger partial charge in [0.1, 0.15) is 0 Å². The van der Waals surface area contributed by atoms with Gasteiger partial charge in [-0.1, -0.05) is 72.8 Å². The molecule has 28 heavy (non-hydrogen) atoms. The molecular weight excluding hydrogens is 350 g/mol. The van der Waals surface area contributed by atoms with Gasteiger partial charge in [-0.05, 0) is 28.8 Å². The molecule has 0 atom stereocenters. The maximum absolute atomic E-state index is 12.9. The molecule has 0 spiro atoms. The average Bonchev–Trinajstić information content (AvgIpc) is 2.74. The van der Waals surface area contributed by atoms with E-state index in [-0.39, 0.29) is 0 Å². The summed E-state index contributed by atoms with van der Waals surface area (Å²) < 4.78 is 0. The van der Waals surface area contributed by atoms with Gasteiger partial charge in [0.2, 0.25) is 0 Å². The molecule has 0 unspecified atom stereocenters. The van der Waals surface area contributed by atoms with Crippen molar-refractivity contribution in [2.75, 3.05) is 19.0 Å². The molecule has 5 heteroatoms. The van der Waals surface area contributed by atoms with Gasteiger partial charge in [0.25, 0.3) is 5.91 Å². The molecule has 3 aromatic rings. The number of amides is 1. The van der Waals surface area contributed by atoms with Gasteiger partial charge >= 0.3 is 0 Å². The third kappa shape index (κ3) is 4.10. The molecule has 0 fully saturated rings. The minimum absolute atomic E-state index is 0.476. The Morgan fingerprint density at radius 1 is 0.893 bits per heavy atom. The summed E-state index contributed by atoms with van der Waals surface area (Å²) in [5, 5.41) is 15.4. The second kappa shape index (κ2) is 8.50. The smallest absolute Gasteiger partial charge is 0.281 e. The SMILES string of the molecule is CN(C)c1ccc(/C=N/NC(=O)C(O)(c2ccccc2)c2ccccc2)cc1. The van der Waals surface area contributed by atoms with Crippen molar-refractivity contribution in [3.05, 3.63) is 102 Å². The fourth-order valence-electron chi connectivity index (χ4n) is 2.89. The lowest BCUT2D eigenvalue weighted by molar-refractivity contribution is -0.136. The highest BCUT2D eigenvalue weighted by Crippen LogP contribution is 2.29. The number of nitrogens with one attached hydrogen (secondary N) is 1. The van der Waals surface area contributed by atoms with Crippen molar-refractivity contribution in [1.82, 2.24) is 5.43 Å². The summed E-state index contributed by atoms with van der Waals surface area (Å²) in [7, 11) is 3.94. The van der Waals surface area contributed by atoms with Gasteiger partial charge in [0.05, 0.1) is 6.21 Å². The molecule has 0 heterocycles. The van der Waals surface area contributed by atoms with Gasteiger partial charge in [-0.2, -0.15) is 5.10 Å². The minimum atomic E-state index is -1.84. The molecule has 3 aromatic carbocycles. The second-order valence-corrected chi connectivity index (χ2v) is 6.63.